The van der Waals surface area contributed by atoms with Crippen molar-refractivity contribution < 1.29 is 36.4 Å². The van der Waals surface area contributed by atoms with Gasteiger partial charge in [-0.1, -0.05) is 11.6 Å². The molecule has 2 aromatic carbocycles. The largest absolute Gasteiger partial charge is 0.573 e. The monoisotopic (exact) mass is 439 g/mol. The number of nitrogens with zero attached hydrogens (tertiary/aromatic N) is 1. The Kier molecular flexibility index (Phi) is 6.80. The van der Waals surface area contributed by atoms with Crippen LogP contribution in [0, 0.1) is 10.1 Å². The normalized spacial score (nSPS) is 11.3. The number of hydrogen-bond donors (Lipinski definition) is 2. The lowest BCUT2D eigenvalue weighted by Crippen LogP contribution is -2.17. The molecule has 0 fully saturated rings. The first-order valence-corrected chi connectivity index (χ1v) is 8.01. The molecule has 0 radical (unpaired) electrons. The molecule has 156 valence electrons. The summed E-state index contributed by atoms with van der Waals surface area (Å²) >= 11 is 5.92. The highest BCUT2D eigenvalue weighted by Crippen LogP contribution is 2.32. The summed E-state index contributed by atoms with van der Waals surface area (Å²) in [6.45, 7) is -0.866. The number of nitro benzene ring substituents is 1. The molecule has 2 aromatic rings. The molecule has 0 spiro atoms. The van der Waals surface area contributed by atoms with E-state index in [-0.39, 0.29) is 22.0 Å². The van der Waals surface area contributed by atoms with Gasteiger partial charge in [0.1, 0.15) is 11.4 Å². The van der Waals surface area contributed by atoms with Crippen LogP contribution in [0.4, 0.5) is 39.0 Å². The maximum atomic E-state index is 12.3. The van der Waals surface area contributed by atoms with Crippen molar-refractivity contribution in [1.82, 2.24) is 0 Å². The Morgan fingerprint density at radius 2 is 1.83 bits per heavy atom. The van der Waals surface area contributed by atoms with E-state index >= 15 is 0 Å². The van der Waals surface area contributed by atoms with Gasteiger partial charge >= 0.3 is 6.36 Å². The van der Waals surface area contributed by atoms with Gasteiger partial charge in [0, 0.05) is 11.8 Å². The Hall–Kier alpha value is -3.15. The van der Waals surface area contributed by atoms with Gasteiger partial charge < -0.3 is 15.4 Å². The number of hydrogen-bond acceptors (Lipinski definition) is 5. The van der Waals surface area contributed by atoms with Crippen molar-refractivity contribution in [1.29, 1.82) is 0 Å². The first-order chi connectivity index (χ1) is 13.5. The molecule has 7 nitrogen and oxygen atoms in total. The third-order valence-electron chi connectivity index (χ3n) is 3.32. The molecule has 0 atom stereocenters. The predicted octanol–water partition coefficient (Wildman–Crippen LogP) is 5.08. The molecule has 2 N–H and O–H groups in total. The molecular formula is C16H11ClF5N3O4. The molecule has 0 bridgehead atoms. The number of anilines is 2. The number of nitro groups is 1. The lowest BCUT2D eigenvalue weighted by molar-refractivity contribution is -0.384. The number of alkyl halides is 5. The van der Waals surface area contributed by atoms with Crippen molar-refractivity contribution >= 4 is 34.6 Å². The summed E-state index contributed by atoms with van der Waals surface area (Å²) in [6.07, 6.45) is -7.65. The predicted molar refractivity (Wildman–Crippen MR) is 93.7 cm³/mol. The number of rotatable bonds is 7. The lowest BCUT2D eigenvalue weighted by Gasteiger charge is -2.12. The molecule has 2 rings (SSSR count). The molecule has 0 aromatic heterocycles. The third kappa shape index (κ3) is 6.45. The van der Waals surface area contributed by atoms with Crippen LogP contribution in [0.25, 0.3) is 0 Å². The van der Waals surface area contributed by atoms with Gasteiger partial charge in [-0.25, -0.2) is 8.78 Å². The van der Waals surface area contributed by atoms with Crippen LogP contribution < -0.4 is 15.4 Å². The minimum Gasteiger partial charge on any atom is -0.406 e. The highest BCUT2D eigenvalue weighted by Gasteiger charge is 2.31. The summed E-state index contributed by atoms with van der Waals surface area (Å²) in [5.74, 6) is -1.42. The minimum atomic E-state index is -4.88. The number of carbonyl (C=O) groups is 1. The number of amides is 1. The van der Waals surface area contributed by atoms with Crippen LogP contribution in [0.15, 0.2) is 36.4 Å². The molecule has 29 heavy (non-hydrogen) atoms. The summed E-state index contributed by atoms with van der Waals surface area (Å²) in [5.41, 5.74) is -1.24. The minimum absolute atomic E-state index is 0.0585. The van der Waals surface area contributed by atoms with Gasteiger partial charge in [0.25, 0.3) is 18.0 Å². The van der Waals surface area contributed by atoms with E-state index in [1.807, 2.05) is 0 Å². The molecule has 1 amide bonds. The Morgan fingerprint density at radius 3 is 2.34 bits per heavy atom. The number of ether oxygens (including phenoxy) is 1. The van der Waals surface area contributed by atoms with E-state index in [4.69, 9.17) is 11.6 Å². The third-order valence-corrected chi connectivity index (χ3v) is 3.63. The van der Waals surface area contributed by atoms with Crippen LogP contribution in [-0.2, 0) is 0 Å². The summed E-state index contributed by atoms with van der Waals surface area (Å²) in [4.78, 5) is 22.6. The van der Waals surface area contributed by atoms with E-state index in [0.717, 1.165) is 36.4 Å². The number of nitrogens with one attached hydrogen (secondary N) is 2. The number of carbonyl (C=O) groups excluding carboxylic acids is 1. The van der Waals surface area contributed by atoms with Crippen LogP contribution in [0.5, 0.6) is 5.75 Å². The zero-order valence-corrected chi connectivity index (χ0v) is 14.9. The lowest BCUT2D eigenvalue weighted by atomic mass is 10.1. The first kappa shape index (κ1) is 22.1. The molecule has 0 saturated carbocycles. The maximum absolute atomic E-state index is 12.3. The van der Waals surface area contributed by atoms with Gasteiger partial charge in [-0.3, -0.25) is 14.9 Å². The second-order valence-corrected chi connectivity index (χ2v) is 5.81. The molecule has 0 unspecified atom stereocenters. The summed E-state index contributed by atoms with van der Waals surface area (Å²) in [7, 11) is 0. The van der Waals surface area contributed by atoms with E-state index in [0.29, 0.717) is 0 Å². The number of halogens is 6. The zero-order chi connectivity index (χ0) is 21.8. The Bertz CT molecular complexity index is 907. The summed E-state index contributed by atoms with van der Waals surface area (Å²) in [5, 5.41) is 15.4. The Labute approximate surface area is 164 Å². The highest BCUT2D eigenvalue weighted by atomic mass is 35.5. The topological polar surface area (TPSA) is 93.5 Å². The standard InChI is InChI=1S/C16H11ClF5N3O4/c17-11-6-12(23-7-14(18)19)13(25(27)28)5-10(11)15(26)24-8-1-3-9(4-2-8)29-16(20,21)22/h1-6,14,23H,7H2,(H,24,26). The van der Waals surface area contributed by atoms with Crippen molar-refractivity contribution in [2.45, 2.75) is 12.8 Å². The van der Waals surface area contributed by atoms with Crippen LogP contribution in [0.3, 0.4) is 0 Å². The average Bonchev–Trinajstić information content (AvgIpc) is 2.60. The van der Waals surface area contributed by atoms with E-state index in [1.165, 1.54) is 0 Å². The van der Waals surface area contributed by atoms with Crippen molar-refractivity contribution in [3.63, 3.8) is 0 Å². The van der Waals surface area contributed by atoms with Crippen molar-refractivity contribution in [2.24, 2.45) is 0 Å². The van der Waals surface area contributed by atoms with E-state index < -0.39 is 41.6 Å². The van der Waals surface area contributed by atoms with Gasteiger partial charge in [-0.05, 0) is 30.3 Å². The van der Waals surface area contributed by atoms with Gasteiger partial charge in [0.05, 0.1) is 22.1 Å². The molecule has 13 heteroatoms. The van der Waals surface area contributed by atoms with Gasteiger partial charge in [-0.2, -0.15) is 0 Å². The van der Waals surface area contributed by atoms with E-state index in [1.54, 1.807) is 0 Å². The first-order valence-electron chi connectivity index (χ1n) is 7.63. The van der Waals surface area contributed by atoms with Crippen LogP contribution in [0.2, 0.25) is 5.02 Å². The molecule has 0 aliphatic heterocycles. The zero-order valence-electron chi connectivity index (χ0n) is 14.1. The fourth-order valence-electron chi connectivity index (χ4n) is 2.15. The highest BCUT2D eigenvalue weighted by molar-refractivity contribution is 6.35. The number of benzene rings is 2. The Balaban J connectivity index is 2.21. The van der Waals surface area contributed by atoms with Crippen molar-refractivity contribution in [2.75, 3.05) is 17.2 Å². The second kappa shape index (κ2) is 8.90. The fraction of sp³-hybridized carbons (Fsp3) is 0.188. The van der Waals surface area contributed by atoms with Gasteiger partial charge in [0.2, 0.25) is 0 Å². The quantitative estimate of drug-likeness (QED) is 0.356. The van der Waals surface area contributed by atoms with E-state index in [9.17, 15) is 36.9 Å². The second-order valence-electron chi connectivity index (χ2n) is 5.40. The van der Waals surface area contributed by atoms with Crippen molar-refractivity contribution in [3.05, 3.63) is 57.1 Å². The van der Waals surface area contributed by atoms with Gasteiger partial charge in [-0.15, -0.1) is 13.2 Å². The van der Waals surface area contributed by atoms with E-state index in [2.05, 4.69) is 15.4 Å². The molecular weight excluding hydrogens is 429 g/mol. The fourth-order valence-corrected chi connectivity index (χ4v) is 2.40. The smallest absolute Gasteiger partial charge is 0.406 e. The molecule has 0 aliphatic rings. The molecule has 0 heterocycles. The van der Waals surface area contributed by atoms with Crippen LogP contribution in [0.1, 0.15) is 10.4 Å². The summed E-state index contributed by atoms with van der Waals surface area (Å²) in [6, 6.07) is 5.87. The van der Waals surface area contributed by atoms with Crippen LogP contribution >= 0.6 is 11.6 Å². The van der Waals surface area contributed by atoms with Crippen LogP contribution in [-0.4, -0.2) is 30.2 Å². The van der Waals surface area contributed by atoms with Gasteiger partial charge in [0.15, 0.2) is 0 Å². The molecule has 0 saturated heterocycles. The SMILES string of the molecule is O=C(Nc1ccc(OC(F)(F)F)cc1)c1cc([N+](=O)[O-])c(NCC(F)F)cc1Cl. The average molecular weight is 440 g/mol. The molecule has 0 aliphatic carbocycles. The maximum Gasteiger partial charge on any atom is 0.573 e. The summed E-state index contributed by atoms with van der Waals surface area (Å²) < 4.78 is 64.8. The van der Waals surface area contributed by atoms with Crippen molar-refractivity contribution in [3.8, 4) is 5.75 Å². The Morgan fingerprint density at radius 1 is 1.21 bits per heavy atom.